The molecule has 0 aliphatic carbocycles. The second kappa shape index (κ2) is 6.89. The van der Waals surface area contributed by atoms with Crippen molar-refractivity contribution in [3.63, 3.8) is 0 Å². The number of hydrogen-bond acceptors (Lipinski definition) is 3. The highest BCUT2D eigenvalue weighted by atomic mass is 35.5. The predicted octanol–water partition coefficient (Wildman–Crippen LogP) is 1.40. The van der Waals surface area contributed by atoms with Gasteiger partial charge in [0, 0.05) is 6.54 Å². The average Bonchev–Trinajstić information content (AvgIpc) is 2.85. The van der Waals surface area contributed by atoms with Crippen molar-refractivity contribution in [1.29, 1.82) is 0 Å². The van der Waals surface area contributed by atoms with Crippen LogP contribution in [0.15, 0.2) is 30.3 Å². The largest absolute Gasteiger partial charge is 0.387 e. The first-order chi connectivity index (χ1) is 8.62. The van der Waals surface area contributed by atoms with Crippen molar-refractivity contribution in [2.24, 2.45) is 0 Å². The maximum atomic E-state index is 12.0. The number of carbonyl (C=O) groups is 1. The quantitative estimate of drug-likeness (QED) is 0.783. The van der Waals surface area contributed by atoms with Crippen molar-refractivity contribution < 1.29 is 9.90 Å². The first-order valence-electron chi connectivity index (χ1n) is 6.38. The summed E-state index contributed by atoms with van der Waals surface area (Å²) in [5, 5.41) is 16.0. The van der Waals surface area contributed by atoms with Gasteiger partial charge in [0.2, 0.25) is 5.91 Å². The standard InChI is InChI=1S/C14H20N2O2.ClH/c1-14(8-5-9-16-14)13(18)15-10-12(17)11-6-3-2-4-7-11;/h2-4,6-7,12,16-17H,5,8-10H2,1H3,(H,15,18);1H. The first kappa shape index (κ1) is 16.0. The molecular formula is C14H21ClN2O2. The van der Waals surface area contributed by atoms with Gasteiger partial charge < -0.3 is 15.7 Å². The molecule has 0 radical (unpaired) electrons. The van der Waals surface area contributed by atoms with Crippen LogP contribution in [0.5, 0.6) is 0 Å². The highest BCUT2D eigenvalue weighted by molar-refractivity contribution is 5.86. The Labute approximate surface area is 120 Å². The number of benzene rings is 1. The Bertz CT molecular complexity index is 405. The van der Waals surface area contributed by atoms with Gasteiger partial charge in [-0.25, -0.2) is 0 Å². The van der Waals surface area contributed by atoms with Crippen LogP contribution in [0, 0.1) is 0 Å². The molecule has 1 saturated heterocycles. The number of nitrogens with one attached hydrogen (secondary N) is 2. The summed E-state index contributed by atoms with van der Waals surface area (Å²) >= 11 is 0. The van der Waals surface area contributed by atoms with Gasteiger partial charge >= 0.3 is 0 Å². The topological polar surface area (TPSA) is 61.4 Å². The van der Waals surface area contributed by atoms with Gasteiger partial charge in [-0.3, -0.25) is 4.79 Å². The normalized spacial score (nSPS) is 23.5. The van der Waals surface area contributed by atoms with Crippen LogP contribution in [0.4, 0.5) is 0 Å². The number of halogens is 1. The van der Waals surface area contributed by atoms with Gasteiger partial charge in [-0.2, -0.15) is 0 Å². The highest BCUT2D eigenvalue weighted by Gasteiger charge is 2.35. The fourth-order valence-corrected chi connectivity index (χ4v) is 2.27. The summed E-state index contributed by atoms with van der Waals surface area (Å²) < 4.78 is 0. The Kier molecular flexibility index (Phi) is 5.79. The Balaban J connectivity index is 0.00000180. The van der Waals surface area contributed by atoms with Crippen molar-refractivity contribution in [2.75, 3.05) is 13.1 Å². The third kappa shape index (κ3) is 3.93. The number of amides is 1. The second-order valence-electron chi connectivity index (χ2n) is 5.00. The number of hydrogen-bond donors (Lipinski definition) is 3. The Hall–Kier alpha value is -1.10. The van der Waals surface area contributed by atoms with Gasteiger partial charge in [0.05, 0.1) is 11.6 Å². The van der Waals surface area contributed by atoms with E-state index in [0.29, 0.717) is 0 Å². The van der Waals surface area contributed by atoms with E-state index in [1.54, 1.807) is 0 Å². The van der Waals surface area contributed by atoms with Gasteiger partial charge in [-0.05, 0) is 31.9 Å². The number of aliphatic hydroxyl groups excluding tert-OH is 1. The van der Waals surface area contributed by atoms with Crippen LogP contribution in [0.25, 0.3) is 0 Å². The predicted molar refractivity (Wildman–Crippen MR) is 77.3 cm³/mol. The van der Waals surface area contributed by atoms with Crippen LogP contribution in [-0.4, -0.2) is 29.6 Å². The summed E-state index contributed by atoms with van der Waals surface area (Å²) in [5.41, 5.74) is 0.346. The minimum atomic E-state index is -0.653. The molecule has 0 spiro atoms. The van der Waals surface area contributed by atoms with Crippen molar-refractivity contribution in [2.45, 2.75) is 31.4 Å². The number of rotatable bonds is 4. The van der Waals surface area contributed by atoms with Crippen LogP contribution >= 0.6 is 12.4 Å². The summed E-state index contributed by atoms with van der Waals surface area (Å²) in [6, 6.07) is 9.36. The van der Waals surface area contributed by atoms with Crippen molar-refractivity contribution in [3.05, 3.63) is 35.9 Å². The molecule has 0 bridgehead atoms. The first-order valence-corrected chi connectivity index (χ1v) is 6.38. The molecule has 2 unspecified atom stereocenters. The van der Waals surface area contributed by atoms with Gasteiger partial charge in [-0.1, -0.05) is 30.3 Å². The minimum Gasteiger partial charge on any atom is -0.387 e. The monoisotopic (exact) mass is 284 g/mol. The molecule has 4 nitrogen and oxygen atoms in total. The molecule has 1 amide bonds. The van der Waals surface area contributed by atoms with Gasteiger partial charge in [0.1, 0.15) is 0 Å². The lowest BCUT2D eigenvalue weighted by molar-refractivity contribution is -0.127. The fraction of sp³-hybridized carbons (Fsp3) is 0.500. The molecule has 1 aromatic carbocycles. The molecule has 1 heterocycles. The van der Waals surface area contributed by atoms with E-state index in [1.807, 2.05) is 37.3 Å². The summed E-state index contributed by atoms with van der Waals surface area (Å²) in [4.78, 5) is 12.0. The van der Waals surface area contributed by atoms with Crippen molar-refractivity contribution in [1.82, 2.24) is 10.6 Å². The highest BCUT2D eigenvalue weighted by Crippen LogP contribution is 2.19. The van der Waals surface area contributed by atoms with Crippen LogP contribution in [0.2, 0.25) is 0 Å². The summed E-state index contributed by atoms with van der Waals surface area (Å²) in [6.07, 6.45) is 1.21. The zero-order valence-electron chi connectivity index (χ0n) is 11.1. The Morgan fingerprint density at radius 3 is 2.74 bits per heavy atom. The van der Waals surface area contributed by atoms with Crippen molar-refractivity contribution >= 4 is 18.3 Å². The van der Waals surface area contributed by atoms with Crippen LogP contribution < -0.4 is 10.6 Å². The molecule has 19 heavy (non-hydrogen) atoms. The van der Waals surface area contributed by atoms with E-state index in [-0.39, 0.29) is 24.9 Å². The molecule has 0 saturated carbocycles. The molecule has 1 fully saturated rings. The molecule has 3 N–H and O–H groups in total. The number of aliphatic hydroxyl groups is 1. The molecule has 1 aromatic rings. The van der Waals surface area contributed by atoms with E-state index in [2.05, 4.69) is 10.6 Å². The third-order valence-electron chi connectivity index (χ3n) is 3.51. The Morgan fingerprint density at radius 2 is 2.16 bits per heavy atom. The van der Waals surface area contributed by atoms with Crippen LogP contribution in [0.1, 0.15) is 31.4 Å². The Morgan fingerprint density at radius 1 is 1.47 bits per heavy atom. The van der Waals surface area contributed by atoms with E-state index in [4.69, 9.17) is 0 Å². The minimum absolute atomic E-state index is 0. The van der Waals surface area contributed by atoms with Crippen LogP contribution in [0.3, 0.4) is 0 Å². The fourth-order valence-electron chi connectivity index (χ4n) is 2.27. The van der Waals surface area contributed by atoms with E-state index in [0.717, 1.165) is 24.9 Å². The molecule has 2 rings (SSSR count). The summed E-state index contributed by atoms with van der Waals surface area (Å²) in [5.74, 6) is -0.0324. The molecule has 0 aromatic heterocycles. The maximum absolute atomic E-state index is 12.0. The molecule has 2 atom stereocenters. The zero-order chi connectivity index (χ0) is 13.0. The van der Waals surface area contributed by atoms with E-state index in [1.165, 1.54) is 0 Å². The van der Waals surface area contributed by atoms with Crippen molar-refractivity contribution in [3.8, 4) is 0 Å². The number of carbonyl (C=O) groups excluding carboxylic acids is 1. The molecule has 1 aliphatic heterocycles. The second-order valence-corrected chi connectivity index (χ2v) is 5.00. The molecule has 1 aliphatic rings. The molecular weight excluding hydrogens is 264 g/mol. The lowest BCUT2D eigenvalue weighted by Crippen LogP contribution is -2.51. The summed E-state index contributed by atoms with van der Waals surface area (Å²) in [6.45, 7) is 3.04. The van der Waals surface area contributed by atoms with Gasteiger partial charge in [-0.15, -0.1) is 12.4 Å². The molecule has 106 valence electrons. The smallest absolute Gasteiger partial charge is 0.240 e. The SMILES string of the molecule is CC1(C(=O)NCC(O)c2ccccc2)CCCN1.Cl. The lowest BCUT2D eigenvalue weighted by atomic mass is 9.99. The average molecular weight is 285 g/mol. The lowest BCUT2D eigenvalue weighted by Gasteiger charge is -2.24. The van der Waals surface area contributed by atoms with E-state index in [9.17, 15) is 9.90 Å². The van der Waals surface area contributed by atoms with Gasteiger partial charge in [0.15, 0.2) is 0 Å². The maximum Gasteiger partial charge on any atom is 0.240 e. The van der Waals surface area contributed by atoms with Gasteiger partial charge in [0.25, 0.3) is 0 Å². The summed E-state index contributed by atoms with van der Waals surface area (Å²) in [7, 11) is 0. The van der Waals surface area contributed by atoms with Crippen LogP contribution in [-0.2, 0) is 4.79 Å². The third-order valence-corrected chi connectivity index (χ3v) is 3.51. The van der Waals surface area contributed by atoms with E-state index >= 15 is 0 Å². The zero-order valence-corrected chi connectivity index (χ0v) is 11.9. The molecule has 5 heteroatoms. The van der Waals surface area contributed by atoms with E-state index < -0.39 is 11.6 Å².